The number of imidazole rings is 1. The molecule has 2 heterocycles. The number of hydrogen-bond acceptors (Lipinski definition) is 3. The zero-order chi connectivity index (χ0) is 17.9. The molecule has 0 bridgehead atoms. The van der Waals surface area contributed by atoms with E-state index in [0.29, 0.717) is 6.54 Å². The van der Waals surface area contributed by atoms with Crippen molar-refractivity contribution in [2.24, 2.45) is 0 Å². The first-order chi connectivity index (χ1) is 12.0. The van der Waals surface area contributed by atoms with E-state index in [1.807, 2.05) is 44.3 Å². The van der Waals surface area contributed by atoms with Crippen LogP contribution in [0.3, 0.4) is 0 Å². The standard InChI is InChI=1S/C19H26N4O2/c1-19(2,15-8-4-5-9-16(15)25-3)22-18(24)20-12-14-13-23-11-7-6-10-17(23)21-14/h4-5,8-9,13H,6-7,10-12H2,1-3H3,(H2,20,22,24). The number of rotatable bonds is 5. The first-order valence-electron chi connectivity index (χ1n) is 8.74. The lowest BCUT2D eigenvalue weighted by Crippen LogP contribution is -2.46. The second-order valence-electron chi connectivity index (χ2n) is 6.93. The number of benzene rings is 1. The SMILES string of the molecule is COc1ccccc1C(C)(C)NC(=O)NCc1cn2c(n1)CCCC2. The monoisotopic (exact) mass is 342 g/mol. The second kappa shape index (κ2) is 7.17. The highest BCUT2D eigenvalue weighted by Crippen LogP contribution is 2.29. The van der Waals surface area contributed by atoms with Crippen LogP contribution in [-0.2, 0) is 25.0 Å². The summed E-state index contributed by atoms with van der Waals surface area (Å²) in [6, 6.07) is 7.49. The molecule has 2 aromatic rings. The molecule has 1 aromatic carbocycles. The number of urea groups is 1. The molecule has 0 aliphatic carbocycles. The van der Waals surface area contributed by atoms with Gasteiger partial charge in [-0.3, -0.25) is 0 Å². The van der Waals surface area contributed by atoms with Crippen molar-refractivity contribution in [2.75, 3.05) is 7.11 Å². The number of hydrogen-bond donors (Lipinski definition) is 2. The fourth-order valence-electron chi connectivity index (χ4n) is 3.28. The fourth-order valence-corrected chi connectivity index (χ4v) is 3.28. The lowest BCUT2D eigenvalue weighted by molar-refractivity contribution is 0.228. The predicted octanol–water partition coefficient (Wildman–Crippen LogP) is 2.96. The Bertz CT molecular complexity index is 728. The Hall–Kier alpha value is -2.50. The highest BCUT2D eigenvalue weighted by molar-refractivity contribution is 5.75. The van der Waals surface area contributed by atoms with Gasteiger partial charge in [0.2, 0.25) is 0 Å². The van der Waals surface area contributed by atoms with Gasteiger partial charge in [0.15, 0.2) is 0 Å². The summed E-state index contributed by atoms with van der Waals surface area (Å²) in [7, 11) is 1.63. The molecule has 134 valence electrons. The lowest BCUT2D eigenvalue weighted by Gasteiger charge is -2.28. The third-order valence-corrected chi connectivity index (χ3v) is 4.59. The minimum atomic E-state index is -0.551. The van der Waals surface area contributed by atoms with Crippen molar-refractivity contribution in [2.45, 2.75) is 51.7 Å². The van der Waals surface area contributed by atoms with Gasteiger partial charge in [-0.25, -0.2) is 9.78 Å². The lowest BCUT2D eigenvalue weighted by atomic mass is 9.93. The maximum atomic E-state index is 12.4. The molecule has 0 saturated carbocycles. The zero-order valence-electron chi connectivity index (χ0n) is 15.1. The molecule has 6 heteroatoms. The van der Waals surface area contributed by atoms with Crippen LogP contribution in [0, 0.1) is 0 Å². The molecule has 1 aliphatic heterocycles. The summed E-state index contributed by atoms with van der Waals surface area (Å²) in [6.45, 7) is 5.36. The number of aromatic nitrogens is 2. The van der Waals surface area contributed by atoms with Gasteiger partial charge in [-0.2, -0.15) is 0 Å². The van der Waals surface area contributed by atoms with Crippen molar-refractivity contribution in [3.63, 3.8) is 0 Å². The van der Waals surface area contributed by atoms with Gasteiger partial charge in [0.25, 0.3) is 0 Å². The summed E-state index contributed by atoms with van der Waals surface area (Å²) in [6.07, 6.45) is 5.45. The van der Waals surface area contributed by atoms with Gasteiger partial charge < -0.3 is 19.9 Å². The number of fused-ring (bicyclic) bond motifs is 1. The molecule has 2 N–H and O–H groups in total. The number of para-hydroxylation sites is 1. The van der Waals surface area contributed by atoms with Crippen LogP contribution in [-0.4, -0.2) is 22.7 Å². The average molecular weight is 342 g/mol. The zero-order valence-corrected chi connectivity index (χ0v) is 15.1. The van der Waals surface area contributed by atoms with E-state index < -0.39 is 5.54 Å². The van der Waals surface area contributed by atoms with Gasteiger partial charge in [-0.1, -0.05) is 18.2 Å². The topological polar surface area (TPSA) is 68.2 Å². The van der Waals surface area contributed by atoms with Crippen LogP contribution in [0.5, 0.6) is 5.75 Å². The van der Waals surface area contributed by atoms with Crippen LogP contribution in [0.15, 0.2) is 30.5 Å². The fraction of sp³-hybridized carbons (Fsp3) is 0.474. The molecule has 3 rings (SSSR count). The third-order valence-electron chi connectivity index (χ3n) is 4.59. The molecule has 1 aliphatic rings. The molecule has 0 spiro atoms. The Morgan fingerprint density at radius 1 is 1.32 bits per heavy atom. The van der Waals surface area contributed by atoms with E-state index >= 15 is 0 Å². The molecule has 25 heavy (non-hydrogen) atoms. The van der Waals surface area contributed by atoms with Crippen molar-refractivity contribution in [1.82, 2.24) is 20.2 Å². The van der Waals surface area contributed by atoms with Crippen molar-refractivity contribution in [3.8, 4) is 5.75 Å². The largest absolute Gasteiger partial charge is 0.496 e. The number of carbonyl (C=O) groups is 1. The first kappa shape index (κ1) is 17.3. The molecule has 6 nitrogen and oxygen atoms in total. The van der Waals surface area contributed by atoms with Crippen LogP contribution >= 0.6 is 0 Å². The molecule has 0 fully saturated rings. The Labute approximate surface area is 148 Å². The summed E-state index contributed by atoms with van der Waals surface area (Å²) < 4.78 is 7.60. The van der Waals surface area contributed by atoms with E-state index in [4.69, 9.17) is 4.74 Å². The summed E-state index contributed by atoms with van der Waals surface area (Å²) in [5.41, 5.74) is 1.29. The summed E-state index contributed by atoms with van der Waals surface area (Å²) in [5, 5.41) is 5.92. The Morgan fingerprint density at radius 2 is 2.12 bits per heavy atom. The minimum absolute atomic E-state index is 0.220. The molecular weight excluding hydrogens is 316 g/mol. The average Bonchev–Trinajstić information content (AvgIpc) is 3.02. The van der Waals surface area contributed by atoms with Gasteiger partial charge in [0, 0.05) is 24.7 Å². The number of ether oxygens (including phenoxy) is 1. The molecule has 2 amide bonds. The van der Waals surface area contributed by atoms with Gasteiger partial charge in [0.05, 0.1) is 24.9 Å². The number of nitrogens with zero attached hydrogens (tertiary/aromatic N) is 2. The normalized spacial score (nSPS) is 13.9. The van der Waals surface area contributed by atoms with Crippen LogP contribution in [0.2, 0.25) is 0 Å². The van der Waals surface area contributed by atoms with Crippen molar-refractivity contribution in [3.05, 3.63) is 47.5 Å². The smallest absolute Gasteiger partial charge is 0.315 e. The minimum Gasteiger partial charge on any atom is -0.496 e. The van der Waals surface area contributed by atoms with E-state index in [2.05, 4.69) is 20.2 Å². The summed E-state index contributed by atoms with van der Waals surface area (Å²) in [5.74, 6) is 1.88. The van der Waals surface area contributed by atoms with Crippen LogP contribution in [0.4, 0.5) is 4.79 Å². The van der Waals surface area contributed by atoms with E-state index in [-0.39, 0.29) is 6.03 Å². The third kappa shape index (κ3) is 3.95. The molecule has 1 aromatic heterocycles. The second-order valence-corrected chi connectivity index (χ2v) is 6.93. The Kier molecular flexibility index (Phi) is 4.97. The van der Waals surface area contributed by atoms with Gasteiger partial charge in [-0.05, 0) is 32.8 Å². The number of nitrogens with one attached hydrogen (secondary N) is 2. The molecule has 0 unspecified atom stereocenters. The molecule has 0 radical (unpaired) electrons. The van der Waals surface area contributed by atoms with Crippen LogP contribution in [0.25, 0.3) is 0 Å². The highest BCUT2D eigenvalue weighted by atomic mass is 16.5. The number of carbonyl (C=O) groups excluding carboxylic acids is 1. The first-order valence-corrected chi connectivity index (χ1v) is 8.74. The highest BCUT2D eigenvalue weighted by Gasteiger charge is 2.26. The van der Waals surface area contributed by atoms with Crippen molar-refractivity contribution < 1.29 is 9.53 Å². The Balaban J connectivity index is 1.60. The molecular formula is C19H26N4O2. The predicted molar refractivity (Wildman–Crippen MR) is 96.6 cm³/mol. The number of aryl methyl sites for hydroxylation is 2. The maximum Gasteiger partial charge on any atom is 0.315 e. The Morgan fingerprint density at radius 3 is 2.88 bits per heavy atom. The number of amides is 2. The van der Waals surface area contributed by atoms with Gasteiger partial charge in [0.1, 0.15) is 11.6 Å². The number of methoxy groups -OCH3 is 1. The van der Waals surface area contributed by atoms with Gasteiger partial charge in [-0.15, -0.1) is 0 Å². The maximum absolute atomic E-state index is 12.4. The van der Waals surface area contributed by atoms with E-state index in [1.165, 1.54) is 12.8 Å². The van der Waals surface area contributed by atoms with Crippen molar-refractivity contribution in [1.29, 1.82) is 0 Å². The molecule has 0 atom stereocenters. The van der Waals surface area contributed by atoms with Crippen molar-refractivity contribution >= 4 is 6.03 Å². The quantitative estimate of drug-likeness (QED) is 0.878. The van der Waals surface area contributed by atoms with Crippen LogP contribution < -0.4 is 15.4 Å². The van der Waals surface area contributed by atoms with Gasteiger partial charge >= 0.3 is 6.03 Å². The summed E-state index contributed by atoms with van der Waals surface area (Å²) in [4.78, 5) is 17.0. The summed E-state index contributed by atoms with van der Waals surface area (Å²) >= 11 is 0. The van der Waals surface area contributed by atoms with Crippen LogP contribution in [0.1, 0.15) is 43.8 Å². The van der Waals surface area contributed by atoms with E-state index in [1.54, 1.807) is 7.11 Å². The van der Waals surface area contributed by atoms with E-state index in [0.717, 1.165) is 35.8 Å². The molecule has 0 saturated heterocycles. The van der Waals surface area contributed by atoms with E-state index in [9.17, 15) is 4.79 Å².